The van der Waals surface area contributed by atoms with E-state index in [0.29, 0.717) is 12.1 Å². The molecular weight excluding hydrogens is 446 g/mol. The minimum atomic E-state index is -3.55. The highest BCUT2D eigenvalue weighted by Crippen LogP contribution is 2.28. The first-order valence-corrected chi connectivity index (χ1v) is 12.5. The van der Waals surface area contributed by atoms with Gasteiger partial charge in [-0.2, -0.15) is 0 Å². The zero-order chi connectivity index (χ0) is 24.0. The maximum absolute atomic E-state index is 11.4. The number of carboxylic acid groups (broad SMARTS) is 1. The highest BCUT2D eigenvalue weighted by Gasteiger charge is 2.20. The Kier molecular flexibility index (Phi) is 7.96. The van der Waals surface area contributed by atoms with Crippen molar-refractivity contribution in [3.05, 3.63) is 59.7 Å². The number of aliphatic hydroxyl groups excluding tert-OH is 1. The molecule has 1 aliphatic rings. The quantitative estimate of drug-likeness (QED) is 0.275. The number of carboxylic acids is 1. The molecule has 9 nitrogen and oxygen atoms in total. The lowest BCUT2D eigenvalue weighted by Crippen LogP contribution is -2.43. The number of hydrogen-bond donors (Lipinski definition) is 5. The molecule has 2 aromatic carbocycles. The predicted molar refractivity (Wildman–Crippen MR) is 128 cm³/mol. The van der Waals surface area contributed by atoms with Crippen molar-refractivity contribution < 1.29 is 28.5 Å². The van der Waals surface area contributed by atoms with Gasteiger partial charge in [-0.25, -0.2) is 13.2 Å². The fourth-order valence-corrected chi connectivity index (χ4v) is 4.31. The minimum absolute atomic E-state index is 0.0341. The van der Waals surface area contributed by atoms with Crippen LogP contribution in [0.25, 0.3) is 6.08 Å². The van der Waals surface area contributed by atoms with Gasteiger partial charge in [0.1, 0.15) is 5.75 Å². The Morgan fingerprint density at radius 3 is 2.45 bits per heavy atom. The molecule has 0 aliphatic carbocycles. The van der Waals surface area contributed by atoms with Crippen molar-refractivity contribution in [1.29, 1.82) is 0 Å². The monoisotopic (exact) mass is 475 g/mol. The molecule has 1 unspecified atom stereocenters. The van der Waals surface area contributed by atoms with Crippen molar-refractivity contribution in [2.24, 2.45) is 0 Å². The molecule has 2 aromatic rings. The van der Waals surface area contributed by atoms with Crippen molar-refractivity contribution in [3.8, 4) is 5.75 Å². The smallest absolute Gasteiger partial charge is 0.328 e. The van der Waals surface area contributed by atoms with E-state index < -0.39 is 22.1 Å². The highest BCUT2D eigenvalue weighted by atomic mass is 32.2. The Labute approximate surface area is 193 Å². The van der Waals surface area contributed by atoms with E-state index in [2.05, 4.69) is 14.9 Å². The SMILES string of the molecule is CS(=O)(=O)Nc1cc(C(O)CNC2CCN(c3ccc(/C=C/C(=O)O)cc3)CC2)ccc1O. The summed E-state index contributed by atoms with van der Waals surface area (Å²) in [6.07, 6.45) is 4.60. The predicted octanol–water partition coefficient (Wildman–Crippen LogP) is 2.15. The van der Waals surface area contributed by atoms with Gasteiger partial charge in [0.15, 0.2) is 0 Å². The second kappa shape index (κ2) is 10.7. The standard InChI is InChI=1S/C23H29N3O6S/c1-33(31,32)25-20-14-17(5-8-21(20)27)22(28)15-24-18-10-12-26(13-11-18)19-6-2-16(3-7-19)4-9-23(29)30/h2-9,14,18,22,24-25,27-28H,10-13,15H2,1H3,(H,29,30)/b9-4+. The van der Waals surface area contributed by atoms with Gasteiger partial charge < -0.3 is 25.5 Å². The molecule has 1 atom stereocenters. The number of phenolic OH excluding ortho intramolecular Hbond substituents is 1. The summed E-state index contributed by atoms with van der Waals surface area (Å²) in [5.41, 5.74) is 2.44. The first-order chi connectivity index (χ1) is 15.6. The molecule has 0 spiro atoms. The number of benzene rings is 2. The highest BCUT2D eigenvalue weighted by molar-refractivity contribution is 7.92. The van der Waals surface area contributed by atoms with E-state index in [4.69, 9.17) is 5.11 Å². The lowest BCUT2D eigenvalue weighted by Gasteiger charge is -2.34. The number of nitrogens with one attached hydrogen (secondary N) is 2. The van der Waals surface area contributed by atoms with Crippen LogP contribution >= 0.6 is 0 Å². The Morgan fingerprint density at radius 1 is 1.18 bits per heavy atom. The molecule has 1 fully saturated rings. The van der Waals surface area contributed by atoms with E-state index in [1.165, 1.54) is 12.1 Å². The van der Waals surface area contributed by atoms with Gasteiger partial charge in [-0.1, -0.05) is 18.2 Å². The topological polar surface area (TPSA) is 139 Å². The van der Waals surface area contributed by atoms with E-state index in [1.54, 1.807) is 12.1 Å². The van der Waals surface area contributed by atoms with Gasteiger partial charge >= 0.3 is 5.97 Å². The Morgan fingerprint density at radius 2 is 1.85 bits per heavy atom. The van der Waals surface area contributed by atoms with Crippen LogP contribution in [0.1, 0.15) is 30.1 Å². The number of piperidine rings is 1. The number of sulfonamides is 1. The molecule has 1 heterocycles. The molecule has 5 N–H and O–H groups in total. The number of carbonyl (C=O) groups is 1. The van der Waals surface area contributed by atoms with Crippen LogP contribution in [0.4, 0.5) is 11.4 Å². The van der Waals surface area contributed by atoms with Crippen LogP contribution in [0, 0.1) is 0 Å². The summed E-state index contributed by atoms with van der Waals surface area (Å²) in [7, 11) is -3.55. The summed E-state index contributed by atoms with van der Waals surface area (Å²) >= 11 is 0. The maximum atomic E-state index is 11.4. The van der Waals surface area contributed by atoms with Crippen LogP contribution in [0.2, 0.25) is 0 Å². The maximum Gasteiger partial charge on any atom is 0.328 e. The molecule has 3 rings (SSSR count). The molecule has 1 aliphatic heterocycles. The average molecular weight is 476 g/mol. The van der Waals surface area contributed by atoms with E-state index in [1.807, 2.05) is 24.3 Å². The number of rotatable bonds is 9. The third-order valence-electron chi connectivity index (χ3n) is 5.47. The molecule has 1 saturated heterocycles. The summed E-state index contributed by atoms with van der Waals surface area (Å²) in [5.74, 6) is -1.18. The number of phenols is 1. The van der Waals surface area contributed by atoms with Crippen LogP contribution in [0.3, 0.4) is 0 Å². The van der Waals surface area contributed by atoms with Crippen molar-refractivity contribution in [2.75, 3.05) is 35.5 Å². The molecule has 178 valence electrons. The zero-order valence-corrected chi connectivity index (χ0v) is 19.1. The number of nitrogens with zero attached hydrogens (tertiary/aromatic N) is 1. The molecular formula is C23H29N3O6S. The fraction of sp³-hybridized carbons (Fsp3) is 0.348. The Balaban J connectivity index is 1.49. The minimum Gasteiger partial charge on any atom is -0.506 e. The lowest BCUT2D eigenvalue weighted by molar-refractivity contribution is -0.131. The van der Waals surface area contributed by atoms with Gasteiger partial charge in [-0.3, -0.25) is 4.72 Å². The first kappa shape index (κ1) is 24.6. The summed E-state index contributed by atoms with van der Waals surface area (Å²) in [6.45, 7) is 2.00. The van der Waals surface area contributed by atoms with Crippen molar-refractivity contribution in [1.82, 2.24) is 5.32 Å². The molecule has 0 saturated carbocycles. The average Bonchev–Trinajstić information content (AvgIpc) is 2.77. The number of anilines is 2. The van der Waals surface area contributed by atoms with E-state index in [-0.39, 0.29) is 17.5 Å². The van der Waals surface area contributed by atoms with Gasteiger partial charge in [0.05, 0.1) is 18.0 Å². The fourth-order valence-electron chi connectivity index (χ4n) is 3.74. The lowest BCUT2D eigenvalue weighted by atomic mass is 10.0. The van der Waals surface area contributed by atoms with E-state index in [0.717, 1.165) is 49.5 Å². The van der Waals surface area contributed by atoms with E-state index in [9.17, 15) is 23.4 Å². The third-order valence-corrected chi connectivity index (χ3v) is 6.06. The van der Waals surface area contributed by atoms with Crippen LogP contribution in [0.5, 0.6) is 5.75 Å². The van der Waals surface area contributed by atoms with Crippen LogP contribution in [0.15, 0.2) is 48.5 Å². The van der Waals surface area contributed by atoms with Gasteiger partial charge in [0, 0.05) is 37.4 Å². The van der Waals surface area contributed by atoms with Crippen molar-refractivity contribution in [3.63, 3.8) is 0 Å². The van der Waals surface area contributed by atoms with Gasteiger partial charge in [0.25, 0.3) is 0 Å². The van der Waals surface area contributed by atoms with Crippen LogP contribution < -0.4 is 14.9 Å². The van der Waals surface area contributed by atoms with Crippen molar-refractivity contribution >= 4 is 33.4 Å². The number of hydrogen-bond acceptors (Lipinski definition) is 7. The second-order valence-corrected chi connectivity index (χ2v) is 9.85. The van der Waals surface area contributed by atoms with E-state index >= 15 is 0 Å². The molecule has 10 heteroatoms. The first-order valence-electron chi connectivity index (χ1n) is 10.6. The molecule has 0 radical (unpaired) electrons. The molecule has 0 bridgehead atoms. The Bertz CT molecular complexity index is 1090. The zero-order valence-electron chi connectivity index (χ0n) is 18.3. The largest absolute Gasteiger partial charge is 0.506 e. The number of aromatic hydroxyl groups is 1. The molecule has 0 aromatic heterocycles. The van der Waals surface area contributed by atoms with Gasteiger partial charge in [-0.05, 0) is 54.3 Å². The van der Waals surface area contributed by atoms with Crippen LogP contribution in [-0.2, 0) is 14.8 Å². The summed E-state index contributed by atoms with van der Waals surface area (Å²) < 4.78 is 25.1. The molecule has 0 amide bonds. The molecule has 33 heavy (non-hydrogen) atoms. The number of aliphatic hydroxyl groups is 1. The summed E-state index contributed by atoms with van der Waals surface area (Å²) in [4.78, 5) is 12.9. The van der Waals surface area contributed by atoms with Crippen LogP contribution in [-0.4, -0.2) is 61.6 Å². The van der Waals surface area contributed by atoms with Gasteiger partial charge in [-0.15, -0.1) is 0 Å². The third kappa shape index (κ3) is 7.48. The normalized spacial score (nSPS) is 16.1. The number of aliphatic carboxylic acids is 1. The van der Waals surface area contributed by atoms with Gasteiger partial charge in [0.2, 0.25) is 10.0 Å². The second-order valence-electron chi connectivity index (χ2n) is 8.10. The van der Waals surface area contributed by atoms with Crippen molar-refractivity contribution in [2.45, 2.75) is 25.0 Å². The summed E-state index contributed by atoms with van der Waals surface area (Å²) in [5, 5.41) is 32.4. The Hall–Kier alpha value is -3.08. The summed E-state index contributed by atoms with van der Waals surface area (Å²) in [6, 6.07) is 12.3.